The van der Waals surface area contributed by atoms with Crippen molar-refractivity contribution in [1.82, 2.24) is 10.2 Å². The molecule has 1 aliphatic rings. The first-order valence-corrected chi connectivity index (χ1v) is 10.1. The van der Waals surface area contributed by atoms with E-state index < -0.39 is 11.6 Å². The summed E-state index contributed by atoms with van der Waals surface area (Å²) in [5.74, 6) is -1.26. The number of hydrogen-bond acceptors (Lipinski definition) is 3. The number of carbonyl (C=O) groups excluding carboxylic acids is 1. The number of rotatable bonds is 6. The third kappa shape index (κ3) is 4.50. The minimum Gasteiger partial charge on any atom is -0.365 e. The van der Waals surface area contributed by atoms with Gasteiger partial charge in [0.2, 0.25) is 5.91 Å². The van der Waals surface area contributed by atoms with Gasteiger partial charge in [-0.3, -0.25) is 4.79 Å². The first kappa shape index (κ1) is 20.4. The van der Waals surface area contributed by atoms with Gasteiger partial charge in [0.05, 0.1) is 6.10 Å². The number of fused-ring (bicyclic) bond motifs is 1. The van der Waals surface area contributed by atoms with Crippen LogP contribution in [0, 0.1) is 11.6 Å². The number of morpholine rings is 1. The van der Waals surface area contributed by atoms with Crippen molar-refractivity contribution in [2.24, 2.45) is 0 Å². The number of benzene rings is 3. The number of carbonyl (C=O) groups is 1. The molecule has 1 saturated heterocycles. The molecule has 0 saturated carbocycles. The fourth-order valence-electron chi connectivity index (χ4n) is 3.87. The zero-order valence-electron chi connectivity index (χ0n) is 16.8. The number of nitrogens with zero attached hydrogens (tertiary/aromatic N) is 1. The lowest BCUT2D eigenvalue weighted by Crippen LogP contribution is -2.49. The second-order valence-corrected chi connectivity index (χ2v) is 7.64. The summed E-state index contributed by atoms with van der Waals surface area (Å²) in [6.07, 6.45) is -0.225. The predicted molar refractivity (Wildman–Crippen MR) is 112 cm³/mol. The van der Waals surface area contributed by atoms with Crippen LogP contribution in [0.1, 0.15) is 24.1 Å². The van der Waals surface area contributed by atoms with E-state index in [0.717, 1.165) is 18.2 Å². The van der Waals surface area contributed by atoms with Gasteiger partial charge in [0.25, 0.3) is 0 Å². The standard InChI is InChI=1S/C24H24F2N2O2/c1-16(21-8-4-6-17-5-2-3-7-22(17)21)27-12-20-14-28(24(29)15-30-20)13-18-11-19(25)9-10-23(18)26/h2-11,16,20,27H,12-15H2,1H3. The highest BCUT2D eigenvalue weighted by Crippen LogP contribution is 2.24. The summed E-state index contributed by atoms with van der Waals surface area (Å²) >= 11 is 0. The van der Waals surface area contributed by atoms with Crippen molar-refractivity contribution in [2.45, 2.75) is 25.6 Å². The first-order valence-electron chi connectivity index (χ1n) is 10.1. The Morgan fingerprint density at radius 1 is 1.13 bits per heavy atom. The van der Waals surface area contributed by atoms with Gasteiger partial charge in [-0.05, 0) is 41.5 Å². The number of amides is 1. The molecule has 4 nitrogen and oxygen atoms in total. The van der Waals surface area contributed by atoms with Gasteiger partial charge < -0.3 is 15.0 Å². The number of ether oxygens (including phenoxy) is 1. The Morgan fingerprint density at radius 2 is 1.93 bits per heavy atom. The van der Waals surface area contributed by atoms with E-state index in [-0.39, 0.29) is 36.8 Å². The summed E-state index contributed by atoms with van der Waals surface area (Å²) in [6.45, 7) is 2.92. The van der Waals surface area contributed by atoms with E-state index in [1.807, 2.05) is 18.2 Å². The maximum absolute atomic E-state index is 14.0. The van der Waals surface area contributed by atoms with E-state index in [1.165, 1.54) is 21.2 Å². The van der Waals surface area contributed by atoms with Crippen LogP contribution in [-0.4, -0.2) is 36.6 Å². The quantitative estimate of drug-likeness (QED) is 0.662. The molecule has 0 radical (unpaired) electrons. The molecule has 2 unspecified atom stereocenters. The molecule has 4 rings (SSSR count). The minimum absolute atomic E-state index is 0.0289. The Kier molecular flexibility index (Phi) is 6.06. The molecule has 3 aromatic carbocycles. The van der Waals surface area contributed by atoms with Gasteiger partial charge in [-0.1, -0.05) is 42.5 Å². The lowest BCUT2D eigenvalue weighted by Gasteiger charge is -2.33. The Morgan fingerprint density at radius 3 is 2.80 bits per heavy atom. The van der Waals surface area contributed by atoms with Crippen molar-refractivity contribution in [3.63, 3.8) is 0 Å². The van der Waals surface area contributed by atoms with Gasteiger partial charge in [-0.2, -0.15) is 0 Å². The van der Waals surface area contributed by atoms with Gasteiger partial charge in [0.1, 0.15) is 18.2 Å². The largest absolute Gasteiger partial charge is 0.365 e. The summed E-state index contributed by atoms with van der Waals surface area (Å²) in [5, 5.41) is 5.87. The smallest absolute Gasteiger partial charge is 0.248 e. The van der Waals surface area contributed by atoms with Crippen molar-refractivity contribution in [3.05, 3.63) is 83.4 Å². The summed E-state index contributed by atoms with van der Waals surface area (Å²) in [5.41, 5.74) is 1.36. The molecule has 1 fully saturated rings. The van der Waals surface area contributed by atoms with Gasteiger partial charge in [0, 0.05) is 31.2 Å². The van der Waals surface area contributed by atoms with E-state index in [9.17, 15) is 13.6 Å². The maximum Gasteiger partial charge on any atom is 0.248 e. The fraction of sp³-hybridized carbons (Fsp3) is 0.292. The average Bonchev–Trinajstić information content (AvgIpc) is 2.76. The molecule has 0 spiro atoms. The minimum atomic E-state index is -0.519. The van der Waals surface area contributed by atoms with Crippen LogP contribution in [0.2, 0.25) is 0 Å². The molecule has 30 heavy (non-hydrogen) atoms. The van der Waals surface area contributed by atoms with E-state index >= 15 is 0 Å². The Hall–Kier alpha value is -2.83. The zero-order valence-corrected chi connectivity index (χ0v) is 16.8. The van der Waals surface area contributed by atoms with E-state index in [2.05, 4.69) is 36.5 Å². The van der Waals surface area contributed by atoms with Crippen molar-refractivity contribution < 1.29 is 18.3 Å². The normalized spacial score (nSPS) is 18.0. The molecule has 2 atom stereocenters. The number of halogens is 2. The summed E-state index contributed by atoms with van der Waals surface area (Å²) in [7, 11) is 0. The van der Waals surface area contributed by atoms with Crippen molar-refractivity contribution in [2.75, 3.05) is 19.7 Å². The number of hydrogen-bond donors (Lipinski definition) is 1. The second kappa shape index (κ2) is 8.90. The zero-order chi connectivity index (χ0) is 21.1. The summed E-state index contributed by atoms with van der Waals surface area (Å²) in [4.78, 5) is 13.7. The summed E-state index contributed by atoms with van der Waals surface area (Å²) < 4.78 is 33.1. The molecule has 1 heterocycles. The Balaban J connectivity index is 1.40. The lowest BCUT2D eigenvalue weighted by atomic mass is 9.99. The molecule has 0 aliphatic carbocycles. The van der Waals surface area contributed by atoms with Crippen LogP contribution in [0.5, 0.6) is 0 Å². The van der Waals surface area contributed by atoms with Crippen LogP contribution < -0.4 is 5.32 Å². The highest BCUT2D eigenvalue weighted by Gasteiger charge is 2.27. The fourth-order valence-corrected chi connectivity index (χ4v) is 3.87. The second-order valence-electron chi connectivity index (χ2n) is 7.64. The van der Waals surface area contributed by atoms with Crippen LogP contribution >= 0.6 is 0 Å². The molecule has 0 bridgehead atoms. The number of nitrogens with one attached hydrogen (secondary N) is 1. The maximum atomic E-state index is 14.0. The van der Waals surface area contributed by atoms with Crippen LogP contribution in [0.15, 0.2) is 60.7 Å². The average molecular weight is 410 g/mol. The summed E-state index contributed by atoms with van der Waals surface area (Å²) in [6, 6.07) is 17.8. The molecule has 156 valence electrons. The molecule has 0 aromatic heterocycles. The highest BCUT2D eigenvalue weighted by atomic mass is 19.1. The van der Waals surface area contributed by atoms with Crippen LogP contribution in [0.3, 0.4) is 0 Å². The highest BCUT2D eigenvalue weighted by molar-refractivity contribution is 5.86. The third-order valence-electron chi connectivity index (χ3n) is 5.53. The van der Waals surface area contributed by atoms with Gasteiger partial charge in [0.15, 0.2) is 0 Å². The molecule has 1 amide bonds. The Labute approximate surface area is 174 Å². The molecule has 1 aliphatic heterocycles. The van der Waals surface area contributed by atoms with E-state index in [4.69, 9.17) is 4.74 Å². The SMILES string of the molecule is CC(NCC1CN(Cc2cc(F)ccc2F)C(=O)CO1)c1cccc2ccccc12. The van der Waals surface area contributed by atoms with E-state index in [1.54, 1.807) is 0 Å². The van der Waals surface area contributed by atoms with Crippen LogP contribution in [0.25, 0.3) is 10.8 Å². The molecule has 6 heteroatoms. The topological polar surface area (TPSA) is 41.6 Å². The van der Waals surface area contributed by atoms with Crippen molar-refractivity contribution >= 4 is 16.7 Å². The molecule has 3 aromatic rings. The Bertz CT molecular complexity index is 1050. The third-order valence-corrected chi connectivity index (χ3v) is 5.53. The van der Waals surface area contributed by atoms with Crippen molar-refractivity contribution in [3.8, 4) is 0 Å². The lowest BCUT2D eigenvalue weighted by molar-refractivity contribution is -0.149. The molecular weight excluding hydrogens is 386 g/mol. The molecule has 1 N–H and O–H groups in total. The molecular formula is C24H24F2N2O2. The van der Waals surface area contributed by atoms with Crippen LogP contribution in [-0.2, 0) is 16.1 Å². The monoisotopic (exact) mass is 410 g/mol. The van der Waals surface area contributed by atoms with Crippen LogP contribution in [0.4, 0.5) is 8.78 Å². The predicted octanol–water partition coefficient (Wildman–Crippen LogP) is 4.20. The van der Waals surface area contributed by atoms with Gasteiger partial charge >= 0.3 is 0 Å². The van der Waals surface area contributed by atoms with Gasteiger partial charge in [-0.25, -0.2) is 8.78 Å². The van der Waals surface area contributed by atoms with Crippen molar-refractivity contribution in [1.29, 1.82) is 0 Å². The first-order chi connectivity index (χ1) is 14.5. The van der Waals surface area contributed by atoms with Gasteiger partial charge in [-0.15, -0.1) is 0 Å². The van der Waals surface area contributed by atoms with E-state index in [0.29, 0.717) is 13.1 Å².